The number of hydrogen-bond donors (Lipinski definition) is 1. The summed E-state index contributed by atoms with van der Waals surface area (Å²) in [5.41, 5.74) is 0.788. The molecule has 1 heterocycles. The molecular weight excluding hydrogens is 390 g/mol. The fraction of sp³-hybridized carbons (Fsp3) is 0.364. The van der Waals surface area contributed by atoms with Crippen molar-refractivity contribution >= 4 is 22.8 Å². The zero-order valence-electron chi connectivity index (χ0n) is 16.8. The lowest BCUT2D eigenvalue weighted by atomic mass is 10.0. The van der Waals surface area contributed by atoms with Crippen molar-refractivity contribution in [1.82, 2.24) is 5.32 Å². The number of nitrogens with one attached hydrogen (secondary N) is 1. The number of fused-ring (bicyclic) bond motifs is 1. The third-order valence-corrected chi connectivity index (χ3v) is 4.32. The van der Waals surface area contributed by atoms with Gasteiger partial charge in [0.05, 0.1) is 19.8 Å². The largest absolute Gasteiger partial charge is 0.490 e. The van der Waals surface area contributed by atoms with Gasteiger partial charge in [-0.25, -0.2) is 9.59 Å². The van der Waals surface area contributed by atoms with Crippen LogP contribution in [0.25, 0.3) is 10.8 Å². The van der Waals surface area contributed by atoms with E-state index in [-0.39, 0.29) is 32.5 Å². The third-order valence-electron chi connectivity index (χ3n) is 4.32. The molecule has 3 rings (SSSR count). The predicted molar refractivity (Wildman–Crippen MR) is 110 cm³/mol. The van der Waals surface area contributed by atoms with Crippen LogP contribution in [0.3, 0.4) is 0 Å². The van der Waals surface area contributed by atoms with Gasteiger partial charge in [-0.05, 0) is 18.6 Å². The molecule has 1 amide bonds. The number of ether oxygens (including phenoxy) is 5. The molecule has 1 unspecified atom stereocenters. The molecule has 2 aromatic rings. The second-order valence-electron chi connectivity index (χ2n) is 6.63. The molecule has 1 saturated heterocycles. The van der Waals surface area contributed by atoms with E-state index in [2.05, 4.69) is 11.9 Å². The van der Waals surface area contributed by atoms with Crippen LogP contribution in [0.5, 0.6) is 11.5 Å². The van der Waals surface area contributed by atoms with Crippen molar-refractivity contribution in [3.05, 3.63) is 48.6 Å². The van der Waals surface area contributed by atoms with Crippen LogP contribution in [-0.4, -0.2) is 57.7 Å². The number of amides is 1. The fourth-order valence-electron chi connectivity index (χ4n) is 2.77. The van der Waals surface area contributed by atoms with Crippen molar-refractivity contribution < 1.29 is 33.3 Å². The second kappa shape index (κ2) is 10.6. The lowest BCUT2D eigenvalue weighted by molar-refractivity contribution is -0.139. The molecule has 0 aromatic heterocycles. The van der Waals surface area contributed by atoms with Gasteiger partial charge >= 0.3 is 12.1 Å². The molecule has 1 aliphatic rings. The number of hydrogen-bond acceptors (Lipinski definition) is 7. The molecule has 1 fully saturated rings. The number of carbonyl (C=O) groups excluding carboxylic acids is 2. The maximum atomic E-state index is 12.2. The maximum absolute atomic E-state index is 12.2. The van der Waals surface area contributed by atoms with Crippen molar-refractivity contribution in [2.75, 3.05) is 39.6 Å². The molecule has 0 saturated carbocycles. The van der Waals surface area contributed by atoms with E-state index < -0.39 is 12.1 Å². The second-order valence-corrected chi connectivity index (χ2v) is 6.63. The summed E-state index contributed by atoms with van der Waals surface area (Å²) >= 11 is 0. The average molecular weight is 415 g/mol. The Hall–Kier alpha value is -3.10. The Balaban J connectivity index is 1.51. The first-order valence-corrected chi connectivity index (χ1v) is 9.68. The summed E-state index contributed by atoms with van der Waals surface area (Å²) in [4.78, 5) is 23.1. The number of benzene rings is 2. The highest BCUT2D eigenvalue weighted by Crippen LogP contribution is 2.36. The smallest absolute Gasteiger partial charge is 0.412 e. The van der Waals surface area contributed by atoms with Crippen LogP contribution in [-0.2, 0) is 19.0 Å². The van der Waals surface area contributed by atoms with Crippen molar-refractivity contribution in [3.8, 4) is 11.5 Å². The molecule has 160 valence electrons. The van der Waals surface area contributed by atoms with Crippen LogP contribution in [0.2, 0.25) is 0 Å². The maximum Gasteiger partial charge on any atom is 0.412 e. The first-order valence-electron chi connectivity index (χ1n) is 9.68. The molecule has 0 spiro atoms. The summed E-state index contributed by atoms with van der Waals surface area (Å²) in [6.45, 7) is 7.26. The monoisotopic (exact) mass is 415 g/mol. The molecule has 30 heavy (non-hydrogen) atoms. The number of carbonyl (C=O) groups is 2. The number of rotatable bonds is 11. The molecule has 8 heteroatoms. The Morgan fingerprint density at radius 2 is 2.00 bits per heavy atom. The van der Waals surface area contributed by atoms with Gasteiger partial charge in [-0.2, -0.15) is 0 Å². The molecule has 1 N–H and O–H groups in total. The standard InChI is InChI=1S/C22H25NO7/c1-3-20(24)27-11-10-26-9-8-23-22(25)30-21-15(2)12-19(29-14-16-13-28-16)17-6-4-5-7-18(17)21/h3-7,12,16H,1,8-11,13-14H2,2H3,(H,23,25). The van der Waals surface area contributed by atoms with Crippen molar-refractivity contribution in [2.45, 2.75) is 13.0 Å². The van der Waals surface area contributed by atoms with Gasteiger partial charge in [-0.3, -0.25) is 0 Å². The van der Waals surface area contributed by atoms with Crippen LogP contribution in [0.1, 0.15) is 5.56 Å². The molecule has 0 bridgehead atoms. The molecule has 1 aliphatic heterocycles. The highest BCUT2D eigenvalue weighted by Gasteiger charge is 2.24. The summed E-state index contributed by atoms with van der Waals surface area (Å²) in [6, 6.07) is 9.47. The van der Waals surface area contributed by atoms with E-state index in [4.69, 9.17) is 23.7 Å². The van der Waals surface area contributed by atoms with E-state index in [1.807, 2.05) is 37.3 Å². The van der Waals surface area contributed by atoms with Crippen LogP contribution in [0.15, 0.2) is 43.0 Å². The van der Waals surface area contributed by atoms with Gasteiger partial charge in [0.15, 0.2) is 0 Å². The van der Waals surface area contributed by atoms with Crippen LogP contribution >= 0.6 is 0 Å². The third kappa shape index (κ3) is 6.20. The van der Waals surface area contributed by atoms with Gasteiger partial charge in [0.25, 0.3) is 0 Å². The zero-order valence-corrected chi connectivity index (χ0v) is 16.8. The Bertz CT molecular complexity index is 908. The van der Waals surface area contributed by atoms with Crippen LogP contribution in [0, 0.1) is 6.92 Å². The predicted octanol–water partition coefficient (Wildman–Crippen LogP) is 2.76. The van der Waals surface area contributed by atoms with E-state index in [1.54, 1.807) is 0 Å². The van der Waals surface area contributed by atoms with Gasteiger partial charge in [0, 0.05) is 23.4 Å². The van der Waals surface area contributed by atoms with E-state index in [0.717, 1.165) is 34.8 Å². The lowest BCUT2D eigenvalue weighted by Crippen LogP contribution is -2.30. The Morgan fingerprint density at radius 1 is 1.23 bits per heavy atom. The number of epoxide rings is 1. The minimum Gasteiger partial charge on any atom is -0.490 e. The first-order chi connectivity index (χ1) is 14.6. The molecule has 0 radical (unpaired) electrons. The zero-order chi connectivity index (χ0) is 21.3. The van der Waals surface area contributed by atoms with Crippen LogP contribution in [0.4, 0.5) is 4.79 Å². The van der Waals surface area contributed by atoms with Gasteiger partial charge in [0.1, 0.15) is 30.8 Å². The van der Waals surface area contributed by atoms with Crippen molar-refractivity contribution in [1.29, 1.82) is 0 Å². The van der Waals surface area contributed by atoms with Crippen molar-refractivity contribution in [3.63, 3.8) is 0 Å². The van der Waals surface area contributed by atoms with Crippen LogP contribution < -0.4 is 14.8 Å². The Morgan fingerprint density at radius 3 is 2.73 bits per heavy atom. The summed E-state index contributed by atoms with van der Waals surface area (Å²) in [6.07, 6.45) is 0.663. The van der Waals surface area contributed by atoms with Gasteiger partial charge in [-0.1, -0.05) is 30.8 Å². The molecule has 8 nitrogen and oxygen atoms in total. The fourth-order valence-corrected chi connectivity index (χ4v) is 2.77. The van der Waals surface area contributed by atoms with Gasteiger partial charge in [0.2, 0.25) is 0 Å². The minimum absolute atomic E-state index is 0.127. The summed E-state index contributed by atoms with van der Waals surface area (Å²) < 4.78 is 26.7. The molecule has 0 aliphatic carbocycles. The van der Waals surface area contributed by atoms with Gasteiger partial charge in [-0.15, -0.1) is 0 Å². The van der Waals surface area contributed by atoms with E-state index in [9.17, 15) is 9.59 Å². The van der Waals surface area contributed by atoms with E-state index >= 15 is 0 Å². The average Bonchev–Trinajstić information content (AvgIpc) is 3.58. The highest BCUT2D eigenvalue weighted by molar-refractivity contribution is 5.95. The van der Waals surface area contributed by atoms with Gasteiger partial charge < -0.3 is 29.0 Å². The molecule has 2 aromatic carbocycles. The SMILES string of the molecule is C=CC(=O)OCCOCCNC(=O)Oc1c(C)cc(OCC2CO2)c2ccccc12. The number of aryl methyl sites for hydroxylation is 1. The normalized spacial score (nSPS) is 14.8. The lowest BCUT2D eigenvalue weighted by Gasteiger charge is -2.15. The Labute approximate surface area is 174 Å². The summed E-state index contributed by atoms with van der Waals surface area (Å²) in [5, 5.41) is 4.30. The van der Waals surface area contributed by atoms with E-state index in [0.29, 0.717) is 12.4 Å². The highest BCUT2D eigenvalue weighted by atomic mass is 16.6. The summed E-state index contributed by atoms with van der Waals surface area (Å²) in [7, 11) is 0. The van der Waals surface area contributed by atoms with Crippen molar-refractivity contribution in [2.24, 2.45) is 0 Å². The first kappa shape index (κ1) is 21.6. The summed E-state index contributed by atoms with van der Waals surface area (Å²) in [5.74, 6) is 0.715. The van der Waals surface area contributed by atoms with E-state index in [1.165, 1.54) is 0 Å². The molecular formula is C22H25NO7. The number of esters is 1. The Kier molecular flexibility index (Phi) is 7.64. The quantitative estimate of drug-likeness (QED) is 0.261. The topological polar surface area (TPSA) is 95.6 Å². The molecule has 1 atom stereocenters. The minimum atomic E-state index is -0.579.